The second kappa shape index (κ2) is 17.2. The molecule has 2 aromatic heterocycles. The van der Waals surface area contributed by atoms with Crippen molar-refractivity contribution in [3.8, 4) is 39.5 Å². The predicted molar refractivity (Wildman–Crippen MR) is 299 cm³/mol. The van der Waals surface area contributed by atoms with Crippen LogP contribution >= 0.6 is 0 Å². The van der Waals surface area contributed by atoms with Gasteiger partial charge in [0.05, 0.1) is 20.1 Å². The van der Waals surface area contributed by atoms with Crippen molar-refractivity contribution in [3.63, 3.8) is 0 Å². The van der Waals surface area contributed by atoms with Gasteiger partial charge in [0, 0.05) is 39.3 Å². The van der Waals surface area contributed by atoms with Gasteiger partial charge >= 0.3 is 0 Å². The van der Waals surface area contributed by atoms with Gasteiger partial charge in [0.15, 0.2) is 23.3 Å². The first-order valence-electron chi connectivity index (χ1n) is 27.2. The maximum Gasteiger partial charge on any atom is 0.300 e. The monoisotopic (exact) mass is 942 g/mol. The summed E-state index contributed by atoms with van der Waals surface area (Å²) in [5.41, 5.74) is 23.7. The van der Waals surface area contributed by atoms with Gasteiger partial charge < -0.3 is 0 Å². The smallest absolute Gasteiger partial charge is 0.195 e. The van der Waals surface area contributed by atoms with Crippen LogP contribution in [-0.4, -0.2) is 12.6 Å². The third-order valence-corrected chi connectivity index (χ3v) is 19.3. The van der Waals surface area contributed by atoms with E-state index in [-0.39, 0.29) is 16.9 Å². The lowest BCUT2D eigenvalue weighted by Gasteiger charge is -2.34. The van der Waals surface area contributed by atoms with E-state index in [1.54, 1.807) is 5.19 Å². The number of imidazole rings is 1. The summed E-state index contributed by atoms with van der Waals surface area (Å²) in [6, 6.07) is 41.6. The molecule has 11 rings (SSSR count). The van der Waals surface area contributed by atoms with Gasteiger partial charge in [-0.15, -0.1) is 0 Å². The number of benzene rings is 5. The molecule has 5 aromatic carbocycles. The Morgan fingerprint density at radius 3 is 2.11 bits per heavy atom. The number of para-hydroxylation sites is 3. The minimum Gasteiger partial charge on any atom is -0.195 e. The number of hydrogen-bond donors (Lipinski definition) is 0. The van der Waals surface area contributed by atoms with Crippen LogP contribution in [0.2, 0.25) is 19.6 Å². The summed E-state index contributed by atoms with van der Waals surface area (Å²) in [6.45, 7) is 34.6. The fraction of sp³-hybridized carbons (Fsp3) is 0.424. The van der Waals surface area contributed by atoms with Crippen LogP contribution < -0.4 is 14.3 Å². The van der Waals surface area contributed by atoms with Gasteiger partial charge in [-0.05, 0) is 124 Å². The van der Waals surface area contributed by atoms with Crippen molar-refractivity contribution in [2.24, 2.45) is 5.41 Å². The summed E-state index contributed by atoms with van der Waals surface area (Å²) in [6.07, 6.45) is 13.3. The summed E-state index contributed by atoms with van der Waals surface area (Å²) in [5, 5.41) is 1.60. The molecule has 2 aliphatic carbocycles. The molecule has 2 aliphatic heterocycles. The molecule has 4 heterocycles. The number of aromatic nitrogens is 3. The van der Waals surface area contributed by atoms with Crippen molar-refractivity contribution in [2.75, 3.05) is 0 Å². The molecule has 70 heavy (non-hydrogen) atoms. The lowest BCUT2D eigenvalue weighted by Crippen LogP contribution is -2.54. The average molecular weight is 942 g/mol. The number of fused-ring (bicyclic) bond motifs is 14. The van der Waals surface area contributed by atoms with Crippen molar-refractivity contribution in [1.82, 2.24) is 4.57 Å². The van der Waals surface area contributed by atoms with Crippen molar-refractivity contribution in [2.45, 2.75) is 175 Å². The van der Waals surface area contributed by atoms with Crippen molar-refractivity contribution in [1.29, 1.82) is 0 Å². The molecule has 1 saturated carbocycles. The molecule has 0 spiro atoms. The largest absolute Gasteiger partial charge is 0.300 e. The van der Waals surface area contributed by atoms with Gasteiger partial charge in [0.2, 0.25) is 5.69 Å². The first-order valence-corrected chi connectivity index (χ1v) is 30.7. The third kappa shape index (κ3) is 7.73. The molecule has 0 radical (unpaired) electrons. The Kier molecular flexibility index (Phi) is 11.5. The molecule has 0 amide bonds. The number of nitrogens with zero attached hydrogens (tertiary/aromatic N) is 3. The Balaban J connectivity index is 1.22. The molecule has 4 aliphatic rings. The Bertz CT molecular complexity index is 3200. The molecule has 3 nitrogen and oxygen atoms in total. The molecule has 2 unspecified atom stereocenters. The van der Waals surface area contributed by atoms with E-state index in [1.165, 1.54) is 127 Å². The fourth-order valence-corrected chi connectivity index (χ4v) is 15.5. The van der Waals surface area contributed by atoms with E-state index in [0.29, 0.717) is 23.7 Å². The Morgan fingerprint density at radius 2 is 1.41 bits per heavy atom. The van der Waals surface area contributed by atoms with Crippen LogP contribution in [0.5, 0.6) is 0 Å². The van der Waals surface area contributed by atoms with E-state index in [9.17, 15) is 0 Å². The molecule has 2 atom stereocenters. The minimum absolute atomic E-state index is 0.117. The zero-order valence-corrected chi connectivity index (χ0v) is 45.7. The van der Waals surface area contributed by atoms with Crippen LogP contribution in [0, 0.1) is 5.41 Å². The first kappa shape index (κ1) is 47.0. The van der Waals surface area contributed by atoms with Crippen LogP contribution in [0.25, 0.3) is 56.2 Å². The second-order valence-electron chi connectivity index (χ2n) is 25.5. The van der Waals surface area contributed by atoms with E-state index in [1.807, 2.05) is 0 Å². The van der Waals surface area contributed by atoms with Gasteiger partial charge in [-0.2, -0.15) is 13.7 Å². The quantitative estimate of drug-likeness (QED) is 0.116. The lowest BCUT2D eigenvalue weighted by molar-refractivity contribution is -0.719. The summed E-state index contributed by atoms with van der Waals surface area (Å²) < 4.78 is 8.10. The SMILES string of the molecule is C=C1CC2C(CCc3cc4c(cc3-c3n(-c5c(C(C)C)cccc5C(C)C)c5ccccc5[n+]31)-c1cc(C3CCCCC3)ccc1C4(C)C)c1ccccc1-c1cc(CC(C)(C)C)c([Si](C)(C)C)c[n+]12. The van der Waals surface area contributed by atoms with Gasteiger partial charge in [-0.3, -0.25) is 0 Å². The maximum absolute atomic E-state index is 5.27. The lowest BCUT2D eigenvalue weighted by atomic mass is 9.76. The summed E-state index contributed by atoms with van der Waals surface area (Å²) in [7, 11) is -1.76. The molecule has 0 saturated heterocycles. The van der Waals surface area contributed by atoms with Crippen LogP contribution in [0.15, 0.2) is 116 Å². The van der Waals surface area contributed by atoms with E-state index in [4.69, 9.17) is 6.58 Å². The van der Waals surface area contributed by atoms with E-state index in [2.05, 4.69) is 205 Å². The molecular weight excluding hydrogens is 863 g/mol. The van der Waals surface area contributed by atoms with Gasteiger partial charge in [0.1, 0.15) is 11.4 Å². The highest BCUT2D eigenvalue weighted by atomic mass is 28.3. The fourth-order valence-electron chi connectivity index (χ4n) is 13.9. The first-order chi connectivity index (χ1) is 33.3. The van der Waals surface area contributed by atoms with E-state index in [0.717, 1.165) is 31.4 Å². The van der Waals surface area contributed by atoms with Gasteiger partial charge in [-0.25, -0.2) is 0 Å². The van der Waals surface area contributed by atoms with Crippen molar-refractivity contribution in [3.05, 3.63) is 160 Å². The summed E-state index contributed by atoms with van der Waals surface area (Å²) >= 11 is 0. The standard InChI is InChI=1S/C66H79N3Si/c1-41(2)48-26-21-27-49(42(3)4)63(48)69-59-29-20-19-28-58(59)68-43(5)34-60-52(50-24-17-18-25-51(50)61-37-47(39-65(6,7)8)62(40-67(60)61)70(11,12)13)32-30-46-36-57-55(38-53(46)64(68)69)54-35-45(44-22-15-14-16-23-44)31-33-56(54)66(57,9)10/h17-21,24-29,31,33,35-38,40-42,44,52,60H,5,14-16,22-23,30,32,34,39H2,1-4,6-13H3/q+2. The molecule has 0 N–H and O–H groups in total. The van der Waals surface area contributed by atoms with Crippen LogP contribution in [-0.2, 0) is 18.3 Å². The van der Waals surface area contributed by atoms with Crippen molar-refractivity contribution >= 4 is 30.0 Å². The number of allylic oxidation sites excluding steroid dienone is 1. The molecule has 7 aromatic rings. The Labute approximate surface area is 421 Å². The second-order valence-corrected chi connectivity index (χ2v) is 30.5. The van der Waals surface area contributed by atoms with Gasteiger partial charge in [0.25, 0.3) is 5.82 Å². The third-order valence-electron chi connectivity index (χ3n) is 17.3. The molecule has 4 heteroatoms. The number of pyridine rings is 1. The topological polar surface area (TPSA) is 12.7 Å². The molecular formula is C66H79N3Si+2. The summed E-state index contributed by atoms with van der Waals surface area (Å²) in [5.74, 6) is 2.88. The minimum atomic E-state index is -1.76. The van der Waals surface area contributed by atoms with E-state index < -0.39 is 8.07 Å². The predicted octanol–water partition coefficient (Wildman–Crippen LogP) is 16.4. The number of hydrogen-bond acceptors (Lipinski definition) is 0. The molecule has 1 fully saturated rings. The highest BCUT2D eigenvalue weighted by Gasteiger charge is 2.46. The summed E-state index contributed by atoms with van der Waals surface area (Å²) in [4.78, 5) is 0. The number of rotatable bonds is 6. The average Bonchev–Trinajstić information content (AvgIpc) is 3.77. The van der Waals surface area contributed by atoms with Crippen molar-refractivity contribution < 1.29 is 9.13 Å². The van der Waals surface area contributed by atoms with Crippen LogP contribution in [0.4, 0.5) is 0 Å². The highest BCUT2D eigenvalue weighted by molar-refractivity contribution is 6.89. The zero-order chi connectivity index (χ0) is 49.2. The Hall–Kier alpha value is -5.32. The highest BCUT2D eigenvalue weighted by Crippen LogP contribution is 2.53. The number of aryl methyl sites for hydroxylation is 1. The van der Waals surface area contributed by atoms with E-state index >= 15 is 0 Å². The zero-order valence-electron chi connectivity index (χ0n) is 44.7. The normalized spacial score (nSPS) is 18.8. The Morgan fingerprint density at radius 1 is 0.729 bits per heavy atom. The van der Waals surface area contributed by atoms with Crippen LogP contribution in [0.1, 0.15) is 181 Å². The van der Waals surface area contributed by atoms with Crippen LogP contribution in [0.3, 0.4) is 0 Å². The maximum atomic E-state index is 5.27. The molecule has 0 bridgehead atoms. The molecule has 360 valence electrons. The van der Waals surface area contributed by atoms with Gasteiger partial charge in [-0.1, -0.05) is 181 Å².